The molecule has 34 heavy (non-hydrogen) atoms. The highest BCUT2D eigenvalue weighted by molar-refractivity contribution is 7.07. The number of ether oxygens (including phenoxy) is 2. The van der Waals surface area contributed by atoms with Crippen LogP contribution < -0.4 is 14.3 Å². The van der Waals surface area contributed by atoms with Crippen LogP contribution in [0.25, 0.3) is 11.3 Å². The Bertz CT molecular complexity index is 1360. The van der Waals surface area contributed by atoms with Crippen LogP contribution in [0.2, 0.25) is 0 Å². The van der Waals surface area contributed by atoms with E-state index in [0.29, 0.717) is 28.4 Å². The van der Waals surface area contributed by atoms with Crippen LogP contribution in [0.5, 0.6) is 23.0 Å². The van der Waals surface area contributed by atoms with Gasteiger partial charge >= 0.3 is 0 Å². The average Bonchev–Trinajstić information content (AvgIpc) is 3.26. The average molecular weight is 476 g/mol. The topological polar surface area (TPSA) is 88.6 Å². The van der Waals surface area contributed by atoms with E-state index in [9.17, 15) is 10.2 Å². The number of aromatic hydroxyl groups is 2. The van der Waals surface area contributed by atoms with Gasteiger partial charge < -0.3 is 19.7 Å². The van der Waals surface area contributed by atoms with Crippen molar-refractivity contribution in [2.24, 2.45) is 10.1 Å². The maximum Gasteiger partial charge on any atom is 0.206 e. The number of phenols is 2. The van der Waals surface area contributed by atoms with Crippen molar-refractivity contribution in [3.63, 3.8) is 0 Å². The SMILES string of the molecule is COc1ccc(OC)c(-c2csc(=NCCc3ccccc3)n2N=Cc2ccc(O)cc2O)c1. The molecule has 0 atom stereocenters. The molecule has 4 aromatic rings. The van der Waals surface area contributed by atoms with Crippen LogP contribution in [-0.2, 0) is 6.42 Å². The summed E-state index contributed by atoms with van der Waals surface area (Å²) in [5.74, 6) is 1.28. The summed E-state index contributed by atoms with van der Waals surface area (Å²) in [6.07, 6.45) is 2.34. The third-order valence-electron chi connectivity index (χ3n) is 5.18. The molecule has 2 N–H and O–H groups in total. The molecule has 0 aliphatic rings. The summed E-state index contributed by atoms with van der Waals surface area (Å²) in [7, 11) is 3.23. The van der Waals surface area contributed by atoms with E-state index >= 15 is 0 Å². The van der Waals surface area contributed by atoms with Gasteiger partial charge in [-0.1, -0.05) is 30.3 Å². The number of methoxy groups -OCH3 is 2. The summed E-state index contributed by atoms with van der Waals surface area (Å²) in [5, 5.41) is 26.3. The van der Waals surface area contributed by atoms with Gasteiger partial charge in [0, 0.05) is 29.1 Å². The minimum atomic E-state index is -0.0670. The van der Waals surface area contributed by atoms with Crippen molar-refractivity contribution in [2.75, 3.05) is 20.8 Å². The molecule has 0 amide bonds. The van der Waals surface area contributed by atoms with Crippen molar-refractivity contribution < 1.29 is 19.7 Å². The fourth-order valence-corrected chi connectivity index (χ4v) is 4.26. The van der Waals surface area contributed by atoms with Crippen molar-refractivity contribution in [1.82, 2.24) is 4.68 Å². The lowest BCUT2D eigenvalue weighted by Crippen LogP contribution is -2.13. The number of phenolic OH excluding ortho intramolecular Hbond substituents is 2. The van der Waals surface area contributed by atoms with Crippen molar-refractivity contribution in [2.45, 2.75) is 6.42 Å². The zero-order valence-corrected chi connectivity index (χ0v) is 19.7. The molecule has 0 spiro atoms. The Balaban J connectivity index is 1.77. The molecule has 1 aromatic heterocycles. The second-order valence-electron chi connectivity index (χ2n) is 7.39. The molecule has 0 saturated heterocycles. The zero-order valence-electron chi connectivity index (χ0n) is 18.9. The van der Waals surface area contributed by atoms with Gasteiger partial charge in [-0.15, -0.1) is 11.3 Å². The second kappa shape index (κ2) is 10.7. The van der Waals surface area contributed by atoms with Crippen LogP contribution in [0.15, 0.2) is 82.2 Å². The van der Waals surface area contributed by atoms with Crippen LogP contribution in [0.1, 0.15) is 11.1 Å². The lowest BCUT2D eigenvalue weighted by molar-refractivity contribution is 0.404. The predicted molar refractivity (Wildman–Crippen MR) is 134 cm³/mol. The molecule has 7 nitrogen and oxygen atoms in total. The van der Waals surface area contributed by atoms with Gasteiger partial charge in [-0.2, -0.15) is 5.10 Å². The van der Waals surface area contributed by atoms with Gasteiger partial charge in [0.1, 0.15) is 23.0 Å². The van der Waals surface area contributed by atoms with E-state index < -0.39 is 0 Å². The molecule has 0 radical (unpaired) electrons. The summed E-state index contributed by atoms with van der Waals surface area (Å²) < 4.78 is 12.7. The maximum atomic E-state index is 10.2. The molecular formula is C26H25N3O4S. The number of hydrogen-bond donors (Lipinski definition) is 2. The quantitative estimate of drug-likeness (QED) is 0.363. The Labute approximate surface area is 201 Å². The fraction of sp³-hybridized carbons (Fsp3) is 0.154. The second-order valence-corrected chi connectivity index (χ2v) is 8.22. The van der Waals surface area contributed by atoms with Gasteiger partial charge in [-0.05, 0) is 42.3 Å². The van der Waals surface area contributed by atoms with Crippen LogP contribution >= 0.6 is 11.3 Å². The molecule has 0 unspecified atom stereocenters. The van der Waals surface area contributed by atoms with Crippen LogP contribution in [0.3, 0.4) is 0 Å². The summed E-state index contributed by atoms with van der Waals surface area (Å²) >= 11 is 1.46. The first-order chi connectivity index (χ1) is 16.6. The van der Waals surface area contributed by atoms with E-state index in [1.807, 2.05) is 41.8 Å². The van der Waals surface area contributed by atoms with Gasteiger partial charge in [0.15, 0.2) is 0 Å². The Kier molecular flexibility index (Phi) is 7.29. The first kappa shape index (κ1) is 23.1. The van der Waals surface area contributed by atoms with Gasteiger partial charge in [-0.3, -0.25) is 4.99 Å². The molecular weight excluding hydrogens is 450 g/mol. The zero-order chi connectivity index (χ0) is 23.9. The highest BCUT2D eigenvalue weighted by atomic mass is 32.1. The maximum absolute atomic E-state index is 10.2. The van der Waals surface area contributed by atoms with E-state index in [-0.39, 0.29) is 11.5 Å². The molecule has 174 valence electrons. The summed E-state index contributed by atoms with van der Waals surface area (Å²) in [4.78, 5) is 5.49. The Morgan fingerprint density at radius 1 is 0.971 bits per heavy atom. The van der Waals surface area contributed by atoms with E-state index in [2.05, 4.69) is 17.2 Å². The van der Waals surface area contributed by atoms with E-state index in [1.165, 1.54) is 35.2 Å². The normalized spacial score (nSPS) is 11.8. The molecule has 0 bridgehead atoms. The smallest absolute Gasteiger partial charge is 0.206 e. The number of nitrogens with zero attached hydrogens (tertiary/aromatic N) is 3. The molecule has 0 aliphatic heterocycles. The number of hydrogen-bond acceptors (Lipinski definition) is 7. The largest absolute Gasteiger partial charge is 0.508 e. The predicted octanol–water partition coefficient (Wildman–Crippen LogP) is 4.67. The summed E-state index contributed by atoms with van der Waals surface area (Å²) in [5.41, 5.74) is 3.25. The Morgan fingerprint density at radius 3 is 2.53 bits per heavy atom. The fourth-order valence-electron chi connectivity index (χ4n) is 3.41. The molecule has 1 heterocycles. The monoisotopic (exact) mass is 475 g/mol. The van der Waals surface area contributed by atoms with Crippen LogP contribution in [-0.4, -0.2) is 41.9 Å². The lowest BCUT2D eigenvalue weighted by Gasteiger charge is -2.11. The molecule has 8 heteroatoms. The van der Waals surface area contributed by atoms with Crippen molar-refractivity contribution in [1.29, 1.82) is 0 Å². The molecule has 0 fully saturated rings. The number of rotatable bonds is 8. The van der Waals surface area contributed by atoms with Crippen LogP contribution in [0.4, 0.5) is 0 Å². The van der Waals surface area contributed by atoms with Crippen molar-refractivity contribution in [3.8, 4) is 34.3 Å². The first-order valence-electron chi connectivity index (χ1n) is 10.6. The minimum absolute atomic E-state index is 0.0174. The third-order valence-corrected chi connectivity index (χ3v) is 6.04. The molecule has 0 saturated carbocycles. The van der Waals surface area contributed by atoms with Crippen molar-refractivity contribution >= 4 is 17.6 Å². The van der Waals surface area contributed by atoms with E-state index in [4.69, 9.17) is 14.5 Å². The standard InChI is InChI=1S/C26H25N3O4S/c1-32-21-10-11-25(33-2)22(15-21)23-17-34-26(27-13-12-18-6-4-3-5-7-18)29(23)28-16-19-8-9-20(30)14-24(19)31/h3-11,14-17,30-31H,12-13H2,1-2H3. The van der Waals surface area contributed by atoms with Crippen LogP contribution in [0, 0.1) is 0 Å². The number of benzene rings is 3. The molecule has 4 rings (SSSR count). The van der Waals surface area contributed by atoms with E-state index in [0.717, 1.165) is 17.7 Å². The van der Waals surface area contributed by atoms with Gasteiger partial charge in [-0.25, -0.2) is 4.68 Å². The lowest BCUT2D eigenvalue weighted by atomic mass is 10.1. The number of thiazole rings is 1. The number of aromatic nitrogens is 1. The highest BCUT2D eigenvalue weighted by Gasteiger charge is 2.14. The highest BCUT2D eigenvalue weighted by Crippen LogP contribution is 2.33. The van der Waals surface area contributed by atoms with Gasteiger partial charge in [0.2, 0.25) is 4.80 Å². The summed E-state index contributed by atoms with van der Waals surface area (Å²) in [6.45, 7) is 0.596. The minimum Gasteiger partial charge on any atom is -0.508 e. The first-order valence-corrected chi connectivity index (χ1v) is 11.5. The van der Waals surface area contributed by atoms with Gasteiger partial charge in [0.25, 0.3) is 0 Å². The summed E-state index contributed by atoms with van der Waals surface area (Å²) in [6, 6.07) is 20.1. The molecule has 0 aliphatic carbocycles. The Hall–Kier alpha value is -4.04. The third kappa shape index (κ3) is 5.29. The Morgan fingerprint density at radius 2 is 1.79 bits per heavy atom. The van der Waals surface area contributed by atoms with Gasteiger partial charge in [0.05, 0.1) is 26.1 Å². The van der Waals surface area contributed by atoms with Crippen molar-refractivity contribution in [3.05, 3.63) is 88.0 Å². The van der Waals surface area contributed by atoms with E-state index in [1.54, 1.807) is 25.0 Å². The molecule has 3 aromatic carbocycles.